The molecule has 2 atom stereocenters. The lowest BCUT2D eigenvalue weighted by Crippen LogP contribution is -2.31. The van der Waals surface area contributed by atoms with Crippen molar-refractivity contribution in [2.24, 2.45) is 0 Å². The Kier molecular flexibility index (Phi) is 3.68. The molecule has 3 heterocycles. The second-order valence-corrected chi connectivity index (χ2v) is 6.12. The fraction of sp³-hybridized carbons (Fsp3) is 0.222. The molecule has 0 unspecified atom stereocenters. The molecule has 25 heavy (non-hydrogen) atoms. The Morgan fingerprint density at radius 1 is 1.20 bits per heavy atom. The topological polar surface area (TPSA) is 91.0 Å². The molecule has 1 saturated heterocycles. The van der Waals surface area contributed by atoms with E-state index in [4.69, 9.17) is 0 Å². The summed E-state index contributed by atoms with van der Waals surface area (Å²) in [6.07, 6.45) is 3.78. The van der Waals surface area contributed by atoms with Gasteiger partial charge in [-0.25, -0.2) is 4.98 Å². The second kappa shape index (κ2) is 6.01. The van der Waals surface area contributed by atoms with Gasteiger partial charge in [-0.05, 0) is 23.8 Å². The van der Waals surface area contributed by atoms with E-state index in [0.29, 0.717) is 23.3 Å². The Hall–Kier alpha value is -3.22. The predicted octanol–water partition coefficient (Wildman–Crippen LogP) is 1.70. The summed E-state index contributed by atoms with van der Waals surface area (Å²) in [6.45, 7) is 0. The molecular formula is C18H17N5O2. The average Bonchev–Trinajstić information content (AvgIpc) is 2.89. The first kappa shape index (κ1) is 15.3. The predicted molar refractivity (Wildman–Crippen MR) is 94.1 cm³/mol. The lowest BCUT2D eigenvalue weighted by molar-refractivity contribution is -0.127. The van der Waals surface area contributed by atoms with Gasteiger partial charge in [-0.3, -0.25) is 19.6 Å². The number of H-pyrrole nitrogens is 1. The zero-order valence-electron chi connectivity index (χ0n) is 13.6. The van der Waals surface area contributed by atoms with Gasteiger partial charge in [0.05, 0.1) is 23.0 Å². The van der Waals surface area contributed by atoms with E-state index in [2.05, 4.69) is 20.3 Å². The van der Waals surface area contributed by atoms with Crippen LogP contribution in [0, 0.1) is 0 Å². The van der Waals surface area contributed by atoms with Crippen LogP contribution in [0.2, 0.25) is 0 Å². The molecule has 3 aromatic rings. The zero-order valence-corrected chi connectivity index (χ0v) is 13.6. The first-order chi connectivity index (χ1) is 12.1. The van der Waals surface area contributed by atoms with Gasteiger partial charge in [0, 0.05) is 25.9 Å². The Bertz CT molecular complexity index is 985. The van der Waals surface area contributed by atoms with Crippen molar-refractivity contribution in [2.75, 3.05) is 12.4 Å². The van der Waals surface area contributed by atoms with Gasteiger partial charge in [-0.2, -0.15) is 0 Å². The Morgan fingerprint density at radius 3 is 2.84 bits per heavy atom. The van der Waals surface area contributed by atoms with E-state index in [1.165, 1.54) is 0 Å². The van der Waals surface area contributed by atoms with Crippen molar-refractivity contribution in [2.45, 2.75) is 18.5 Å². The van der Waals surface area contributed by atoms with Crippen LogP contribution >= 0.6 is 0 Å². The van der Waals surface area contributed by atoms with Crippen molar-refractivity contribution >= 4 is 22.8 Å². The summed E-state index contributed by atoms with van der Waals surface area (Å²) in [5.74, 6) is 0.403. The number of likely N-dealkylation sites (N-methyl/N-ethyl adjacent to an activating group) is 1. The van der Waals surface area contributed by atoms with Crippen LogP contribution < -0.4 is 10.9 Å². The van der Waals surface area contributed by atoms with Crippen molar-refractivity contribution in [3.63, 3.8) is 0 Å². The van der Waals surface area contributed by atoms with Gasteiger partial charge in [0.1, 0.15) is 0 Å². The molecule has 1 aliphatic rings. The molecule has 1 amide bonds. The summed E-state index contributed by atoms with van der Waals surface area (Å²) < 4.78 is 0. The molecule has 0 saturated carbocycles. The summed E-state index contributed by atoms with van der Waals surface area (Å²) in [5, 5.41) is 3.76. The van der Waals surface area contributed by atoms with E-state index in [9.17, 15) is 9.59 Å². The van der Waals surface area contributed by atoms with Gasteiger partial charge in [0.25, 0.3) is 5.56 Å². The number of aromatic amines is 1. The molecule has 0 aliphatic carbocycles. The van der Waals surface area contributed by atoms with Crippen molar-refractivity contribution < 1.29 is 4.79 Å². The third-order valence-electron chi connectivity index (χ3n) is 4.55. The number of pyridine rings is 1. The number of para-hydroxylation sites is 1. The highest BCUT2D eigenvalue weighted by molar-refractivity contribution is 5.81. The molecule has 2 N–H and O–H groups in total. The summed E-state index contributed by atoms with van der Waals surface area (Å²) >= 11 is 0. The highest BCUT2D eigenvalue weighted by atomic mass is 16.2. The minimum atomic E-state index is -0.205. The highest BCUT2D eigenvalue weighted by Crippen LogP contribution is 2.33. The summed E-state index contributed by atoms with van der Waals surface area (Å²) in [5.41, 5.74) is 1.35. The lowest BCUT2D eigenvalue weighted by atomic mass is 10.0. The van der Waals surface area contributed by atoms with Gasteiger partial charge in [-0.15, -0.1) is 0 Å². The van der Waals surface area contributed by atoms with Crippen LogP contribution in [0.5, 0.6) is 0 Å². The molecule has 7 nitrogen and oxygen atoms in total. The third kappa shape index (κ3) is 2.73. The minimum absolute atomic E-state index is 0.0366. The third-order valence-corrected chi connectivity index (χ3v) is 4.55. The first-order valence-corrected chi connectivity index (χ1v) is 8.04. The number of nitrogens with zero attached hydrogens (tertiary/aromatic N) is 3. The number of hydrogen-bond acceptors (Lipinski definition) is 5. The van der Waals surface area contributed by atoms with Crippen LogP contribution in [0.4, 0.5) is 5.95 Å². The first-order valence-electron chi connectivity index (χ1n) is 8.04. The maximum absolute atomic E-state index is 12.2. The van der Waals surface area contributed by atoms with Crippen LogP contribution in [0.3, 0.4) is 0 Å². The maximum Gasteiger partial charge on any atom is 0.260 e. The fourth-order valence-electron chi connectivity index (χ4n) is 3.34. The van der Waals surface area contributed by atoms with Crippen LogP contribution in [0.15, 0.2) is 53.6 Å². The van der Waals surface area contributed by atoms with Crippen LogP contribution in [0.1, 0.15) is 18.0 Å². The molecule has 1 aromatic carbocycles. The number of aromatic nitrogens is 3. The Labute approximate surface area is 143 Å². The lowest BCUT2D eigenvalue weighted by Gasteiger charge is -2.25. The Morgan fingerprint density at radius 2 is 2.04 bits per heavy atom. The quantitative estimate of drug-likeness (QED) is 0.760. The van der Waals surface area contributed by atoms with Crippen molar-refractivity contribution in [3.8, 4) is 0 Å². The van der Waals surface area contributed by atoms with Gasteiger partial charge < -0.3 is 10.2 Å². The number of rotatable bonds is 3. The average molecular weight is 335 g/mol. The molecule has 7 heteroatoms. The van der Waals surface area contributed by atoms with Crippen molar-refractivity contribution in [3.05, 3.63) is 64.7 Å². The summed E-state index contributed by atoms with van der Waals surface area (Å²) in [6, 6.07) is 10.6. The van der Waals surface area contributed by atoms with Gasteiger partial charge >= 0.3 is 0 Å². The standard InChI is InChI=1S/C18H17N5O2/c1-23-15(24)9-14(16(23)11-5-4-8-19-10-11)21-18-20-13-7-3-2-6-12(13)17(25)22-18/h2-8,10,14,16H,9H2,1H3,(H2,20,21,22,25)/t14-,16+/m1/s1. The van der Waals surface area contributed by atoms with E-state index in [0.717, 1.165) is 5.56 Å². The van der Waals surface area contributed by atoms with Gasteiger partial charge in [0.15, 0.2) is 0 Å². The molecular weight excluding hydrogens is 318 g/mol. The van der Waals surface area contributed by atoms with E-state index in [1.54, 1.807) is 42.5 Å². The number of likely N-dealkylation sites (tertiary alicyclic amines) is 1. The molecule has 0 radical (unpaired) electrons. The molecule has 2 aromatic heterocycles. The molecule has 0 spiro atoms. The molecule has 1 aliphatic heterocycles. The monoisotopic (exact) mass is 335 g/mol. The zero-order chi connectivity index (χ0) is 17.4. The SMILES string of the molecule is CN1C(=O)C[C@@H](Nc2nc3ccccc3c(=O)[nH]2)[C@@H]1c1cccnc1. The highest BCUT2D eigenvalue weighted by Gasteiger charge is 2.39. The number of nitrogens with one attached hydrogen (secondary N) is 2. The normalized spacial score (nSPS) is 20.2. The van der Waals surface area contributed by atoms with Crippen LogP contribution in [-0.4, -0.2) is 38.8 Å². The minimum Gasteiger partial charge on any atom is -0.350 e. The number of carbonyl (C=O) groups is 1. The van der Waals surface area contributed by atoms with E-state index in [1.807, 2.05) is 18.2 Å². The molecule has 0 bridgehead atoms. The van der Waals surface area contributed by atoms with Gasteiger partial charge in [0.2, 0.25) is 11.9 Å². The van der Waals surface area contributed by atoms with E-state index >= 15 is 0 Å². The van der Waals surface area contributed by atoms with E-state index in [-0.39, 0.29) is 23.6 Å². The number of amides is 1. The maximum atomic E-state index is 12.2. The number of anilines is 1. The number of benzene rings is 1. The van der Waals surface area contributed by atoms with Crippen molar-refractivity contribution in [1.29, 1.82) is 0 Å². The second-order valence-electron chi connectivity index (χ2n) is 6.12. The van der Waals surface area contributed by atoms with E-state index < -0.39 is 0 Å². The number of fused-ring (bicyclic) bond motifs is 1. The van der Waals surface area contributed by atoms with Crippen LogP contribution in [0.25, 0.3) is 10.9 Å². The van der Waals surface area contributed by atoms with Gasteiger partial charge in [-0.1, -0.05) is 18.2 Å². The Balaban J connectivity index is 1.69. The number of hydrogen-bond donors (Lipinski definition) is 2. The molecule has 1 fully saturated rings. The smallest absolute Gasteiger partial charge is 0.260 e. The van der Waals surface area contributed by atoms with Crippen molar-refractivity contribution in [1.82, 2.24) is 19.9 Å². The summed E-state index contributed by atoms with van der Waals surface area (Å²) in [4.78, 5) is 37.5. The van der Waals surface area contributed by atoms with Crippen LogP contribution in [-0.2, 0) is 4.79 Å². The molecule has 126 valence electrons. The summed E-state index contributed by atoms with van der Waals surface area (Å²) in [7, 11) is 1.78. The molecule has 4 rings (SSSR count). The largest absolute Gasteiger partial charge is 0.350 e. The number of carbonyl (C=O) groups excluding carboxylic acids is 1. The fourth-order valence-corrected chi connectivity index (χ4v) is 3.34.